The van der Waals surface area contributed by atoms with Crippen molar-refractivity contribution in [2.75, 3.05) is 56.0 Å². The van der Waals surface area contributed by atoms with Crippen molar-refractivity contribution >= 4 is 11.8 Å². The van der Waals surface area contributed by atoms with Gasteiger partial charge in [-0.1, -0.05) is 26.7 Å². The molecule has 0 amide bonds. The summed E-state index contributed by atoms with van der Waals surface area (Å²) in [6.07, 6.45) is 12.3. The summed E-state index contributed by atoms with van der Waals surface area (Å²) in [6.45, 7) is 13.1. The van der Waals surface area contributed by atoms with Crippen molar-refractivity contribution in [2.45, 2.75) is 77.3 Å². The summed E-state index contributed by atoms with van der Waals surface area (Å²) in [5.41, 5.74) is 0. The first-order valence-corrected chi connectivity index (χ1v) is 12.5. The minimum atomic E-state index is 0.465. The van der Waals surface area contributed by atoms with Crippen molar-refractivity contribution in [1.82, 2.24) is 19.8 Å². The maximum Gasteiger partial charge on any atom is 0.224 e. The van der Waals surface area contributed by atoms with Crippen molar-refractivity contribution in [1.29, 1.82) is 0 Å². The Morgan fingerprint density at radius 3 is 2.47 bits per heavy atom. The second-order valence-corrected chi connectivity index (χ2v) is 10.0. The third kappa shape index (κ3) is 6.07. The largest absolute Gasteiger partial charge is 0.356 e. The molecule has 1 aromatic rings. The summed E-state index contributed by atoms with van der Waals surface area (Å²) in [4.78, 5) is 17.3. The second-order valence-electron chi connectivity index (χ2n) is 10.0. The highest BCUT2D eigenvalue weighted by atomic mass is 15.3. The van der Waals surface area contributed by atoms with Gasteiger partial charge in [0.1, 0.15) is 5.82 Å². The molecule has 0 radical (unpaired) electrons. The van der Waals surface area contributed by atoms with Gasteiger partial charge in [0.05, 0.1) is 0 Å². The van der Waals surface area contributed by atoms with Crippen LogP contribution in [0.5, 0.6) is 0 Å². The summed E-state index contributed by atoms with van der Waals surface area (Å²) >= 11 is 0. The molecule has 4 heterocycles. The van der Waals surface area contributed by atoms with Crippen molar-refractivity contribution in [3.63, 3.8) is 0 Å². The molecular weight excluding hydrogens is 372 g/mol. The number of aromatic nitrogens is 2. The van der Waals surface area contributed by atoms with Gasteiger partial charge in [0, 0.05) is 44.5 Å². The van der Waals surface area contributed by atoms with Crippen LogP contribution in [0.15, 0.2) is 12.3 Å². The highest BCUT2D eigenvalue weighted by molar-refractivity contribution is 5.43. The summed E-state index contributed by atoms with van der Waals surface area (Å²) in [7, 11) is 0. The first-order valence-electron chi connectivity index (χ1n) is 12.5. The lowest BCUT2D eigenvalue weighted by Gasteiger charge is -2.42. The molecule has 3 saturated heterocycles. The summed E-state index contributed by atoms with van der Waals surface area (Å²) < 4.78 is 0. The molecule has 0 aliphatic carbocycles. The average molecular weight is 415 g/mol. The first kappa shape index (κ1) is 21.8. The minimum absolute atomic E-state index is 0.465. The average Bonchev–Trinajstić information content (AvgIpc) is 3.04. The van der Waals surface area contributed by atoms with Gasteiger partial charge in [-0.05, 0) is 70.1 Å². The maximum absolute atomic E-state index is 4.89. The highest BCUT2D eigenvalue weighted by Crippen LogP contribution is 2.24. The summed E-state index contributed by atoms with van der Waals surface area (Å²) in [5, 5.41) is 3.68. The summed E-state index contributed by atoms with van der Waals surface area (Å²) in [6, 6.07) is 3.29. The third-order valence-corrected chi connectivity index (χ3v) is 7.05. The van der Waals surface area contributed by atoms with Crippen LogP contribution in [-0.2, 0) is 0 Å². The van der Waals surface area contributed by atoms with Gasteiger partial charge in [0.25, 0.3) is 0 Å². The quantitative estimate of drug-likeness (QED) is 0.763. The molecular formula is C24H42N6. The molecule has 0 aromatic carbocycles. The lowest BCUT2D eigenvalue weighted by Crippen LogP contribution is -2.51. The van der Waals surface area contributed by atoms with Gasteiger partial charge in [-0.2, -0.15) is 4.98 Å². The molecule has 4 rings (SSSR count). The maximum atomic E-state index is 4.89. The lowest BCUT2D eigenvalue weighted by atomic mass is 9.97. The number of piperidine rings is 2. The van der Waals surface area contributed by atoms with Crippen molar-refractivity contribution in [3.05, 3.63) is 12.3 Å². The van der Waals surface area contributed by atoms with E-state index in [9.17, 15) is 0 Å². The number of nitrogens with zero attached hydrogens (tertiary/aromatic N) is 5. The number of nitrogens with one attached hydrogen (secondary N) is 1. The van der Waals surface area contributed by atoms with Crippen molar-refractivity contribution in [2.24, 2.45) is 5.92 Å². The molecule has 0 spiro atoms. The molecule has 1 N–H and O–H groups in total. The fourth-order valence-electron chi connectivity index (χ4n) is 5.52. The van der Waals surface area contributed by atoms with Crippen LogP contribution in [0, 0.1) is 5.92 Å². The van der Waals surface area contributed by atoms with Gasteiger partial charge < -0.3 is 15.1 Å². The van der Waals surface area contributed by atoms with E-state index in [1.807, 2.05) is 6.20 Å². The van der Waals surface area contributed by atoms with Crippen molar-refractivity contribution in [3.8, 4) is 0 Å². The van der Waals surface area contributed by atoms with Crippen LogP contribution in [0.2, 0.25) is 0 Å². The Labute approximate surface area is 183 Å². The number of hydrogen-bond acceptors (Lipinski definition) is 6. The zero-order valence-corrected chi connectivity index (χ0v) is 19.2. The molecule has 6 heteroatoms. The van der Waals surface area contributed by atoms with Gasteiger partial charge in [-0.15, -0.1) is 0 Å². The van der Waals surface area contributed by atoms with Crippen LogP contribution < -0.4 is 10.2 Å². The Balaban J connectivity index is 1.29. The van der Waals surface area contributed by atoms with Crippen LogP contribution in [0.3, 0.4) is 0 Å². The molecule has 0 saturated carbocycles. The van der Waals surface area contributed by atoms with E-state index >= 15 is 0 Å². The van der Waals surface area contributed by atoms with Gasteiger partial charge >= 0.3 is 0 Å². The normalized spacial score (nSPS) is 25.4. The van der Waals surface area contributed by atoms with Crippen LogP contribution in [0.25, 0.3) is 0 Å². The molecule has 3 aliphatic heterocycles. The number of hydrogen-bond donors (Lipinski definition) is 1. The van der Waals surface area contributed by atoms with E-state index in [1.54, 1.807) is 0 Å². The Morgan fingerprint density at radius 2 is 1.73 bits per heavy atom. The number of rotatable bonds is 6. The Hall–Kier alpha value is -1.40. The molecule has 168 valence electrons. The van der Waals surface area contributed by atoms with Gasteiger partial charge in [0.15, 0.2) is 0 Å². The Kier molecular flexibility index (Phi) is 7.83. The van der Waals surface area contributed by atoms with Crippen molar-refractivity contribution < 1.29 is 0 Å². The van der Waals surface area contributed by atoms with E-state index < -0.39 is 0 Å². The monoisotopic (exact) mass is 414 g/mol. The standard InChI is InChI=1S/C24H42N6/c1-20(2)18-28-16-10-22(11-17-28)30-15-7-8-21(19-30)26-24-25-12-9-23(27-24)29-13-5-3-4-6-14-29/h9,12,20-22H,3-8,10-11,13-19H2,1-2H3,(H,25,26,27). The molecule has 1 unspecified atom stereocenters. The zero-order chi connectivity index (χ0) is 20.8. The van der Waals surface area contributed by atoms with E-state index in [2.05, 4.69) is 44.9 Å². The molecule has 6 nitrogen and oxygen atoms in total. The van der Waals surface area contributed by atoms with E-state index in [0.29, 0.717) is 6.04 Å². The molecule has 3 aliphatic rings. The van der Waals surface area contributed by atoms with E-state index in [0.717, 1.165) is 43.4 Å². The van der Waals surface area contributed by atoms with Gasteiger partial charge in [0.2, 0.25) is 5.95 Å². The Bertz CT molecular complexity index is 634. The molecule has 0 bridgehead atoms. The molecule has 1 atom stereocenters. The lowest BCUT2D eigenvalue weighted by molar-refractivity contribution is 0.0837. The van der Waals surface area contributed by atoms with E-state index in [1.165, 1.54) is 77.5 Å². The van der Waals surface area contributed by atoms with Crippen LogP contribution in [-0.4, -0.2) is 77.7 Å². The first-order chi connectivity index (χ1) is 14.7. The molecule has 1 aromatic heterocycles. The number of likely N-dealkylation sites (tertiary alicyclic amines) is 2. The predicted octanol–water partition coefficient (Wildman–Crippen LogP) is 3.85. The summed E-state index contributed by atoms with van der Waals surface area (Å²) in [5.74, 6) is 2.69. The number of anilines is 2. The zero-order valence-electron chi connectivity index (χ0n) is 19.2. The predicted molar refractivity (Wildman–Crippen MR) is 125 cm³/mol. The Morgan fingerprint density at radius 1 is 0.967 bits per heavy atom. The SMILES string of the molecule is CC(C)CN1CCC(N2CCCC(Nc3nccc(N4CCCCCC4)n3)C2)CC1. The fraction of sp³-hybridized carbons (Fsp3) is 0.833. The molecule has 30 heavy (non-hydrogen) atoms. The second kappa shape index (κ2) is 10.8. The van der Waals surface area contributed by atoms with Gasteiger partial charge in [-0.25, -0.2) is 4.98 Å². The van der Waals surface area contributed by atoms with E-state index in [4.69, 9.17) is 4.98 Å². The van der Waals surface area contributed by atoms with Crippen LogP contribution in [0.1, 0.15) is 65.2 Å². The van der Waals surface area contributed by atoms with Crippen LogP contribution >= 0.6 is 0 Å². The molecule has 3 fully saturated rings. The fourth-order valence-corrected chi connectivity index (χ4v) is 5.52. The van der Waals surface area contributed by atoms with E-state index in [-0.39, 0.29) is 0 Å². The smallest absolute Gasteiger partial charge is 0.224 e. The highest BCUT2D eigenvalue weighted by Gasteiger charge is 2.29. The minimum Gasteiger partial charge on any atom is -0.356 e. The third-order valence-electron chi connectivity index (χ3n) is 7.05. The van der Waals surface area contributed by atoms with Crippen LogP contribution in [0.4, 0.5) is 11.8 Å². The van der Waals surface area contributed by atoms with Gasteiger partial charge in [-0.3, -0.25) is 4.90 Å². The topological polar surface area (TPSA) is 47.5 Å².